The Morgan fingerprint density at radius 1 is 0.945 bits per heavy atom. The van der Waals surface area contributed by atoms with Gasteiger partial charge in [-0.25, -0.2) is 0 Å². The molecule has 0 unspecified atom stereocenters. The second kappa shape index (κ2) is 13.7. The largest absolute Gasteiger partial charge is 0.481 e. The highest BCUT2D eigenvalue weighted by Crippen LogP contribution is 2.77. The van der Waals surface area contributed by atoms with Gasteiger partial charge in [-0.3, -0.25) is 19.2 Å². The van der Waals surface area contributed by atoms with Crippen molar-refractivity contribution in [3.63, 3.8) is 0 Å². The molecule has 8 nitrogen and oxygen atoms in total. The summed E-state index contributed by atoms with van der Waals surface area (Å²) in [6.45, 7) is 20.7. The number of carbonyl (C=O) groups is 4. The highest BCUT2D eigenvalue weighted by atomic mass is 35.5. The van der Waals surface area contributed by atoms with E-state index in [0.717, 1.165) is 62.5 Å². The number of aliphatic carboxylic acids is 1. The van der Waals surface area contributed by atoms with Crippen molar-refractivity contribution in [1.29, 1.82) is 0 Å². The maximum absolute atomic E-state index is 14.3. The topological polar surface area (TPSA) is 110 Å². The van der Waals surface area contributed by atoms with Crippen LogP contribution in [-0.2, 0) is 35.2 Å². The van der Waals surface area contributed by atoms with E-state index in [1.54, 1.807) is 13.8 Å². The van der Waals surface area contributed by atoms with Gasteiger partial charge in [0.15, 0.2) is 5.78 Å². The molecule has 1 saturated heterocycles. The van der Waals surface area contributed by atoms with Crippen LogP contribution in [0.4, 0.5) is 0 Å². The second-order valence-corrected chi connectivity index (χ2v) is 21.2. The normalized spacial score (nSPS) is 38.6. The van der Waals surface area contributed by atoms with Gasteiger partial charge in [0.05, 0.1) is 17.9 Å². The first-order valence-corrected chi connectivity index (χ1v) is 21.3. The van der Waals surface area contributed by atoms with E-state index in [9.17, 15) is 24.3 Å². The van der Waals surface area contributed by atoms with Crippen molar-refractivity contribution in [3.8, 4) is 0 Å². The van der Waals surface area contributed by atoms with Crippen LogP contribution in [0.1, 0.15) is 132 Å². The van der Waals surface area contributed by atoms with Gasteiger partial charge in [0, 0.05) is 35.4 Å². The van der Waals surface area contributed by atoms with Crippen molar-refractivity contribution in [2.75, 3.05) is 13.2 Å². The van der Waals surface area contributed by atoms with Crippen LogP contribution in [0.5, 0.6) is 0 Å². The monoisotopic (exact) mass is 777 g/mol. The second-order valence-electron chi connectivity index (χ2n) is 20.8. The summed E-state index contributed by atoms with van der Waals surface area (Å²) in [5, 5.41) is 10.3. The minimum Gasteiger partial charge on any atom is -0.481 e. The quantitative estimate of drug-likeness (QED) is 0.262. The number of rotatable bonds is 8. The molecule has 0 bridgehead atoms. The number of Topliss-reactive ketones (excluding diaryl/α,β-unsaturated/α-hetero) is 1. The molecule has 0 aromatic heterocycles. The minimum absolute atomic E-state index is 0.0169. The Morgan fingerprint density at radius 2 is 1.64 bits per heavy atom. The highest BCUT2D eigenvalue weighted by Gasteiger charge is 2.71. The van der Waals surface area contributed by atoms with E-state index in [4.69, 9.17) is 21.1 Å². The lowest BCUT2D eigenvalue weighted by Gasteiger charge is -2.72. The Hall–Kier alpha value is -2.71. The third kappa shape index (κ3) is 6.24. The number of hydrogen-bond donors (Lipinski definition) is 1. The summed E-state index contributed by atoms with van der Waals surface area (Å²) >= 11 is 6.17. The van der Waals surface area contributed by atoms with E-state index in [2.05, 4.69) is 48.5 Å². The molecule has 1 aliphatic heterocycles. The number of morpholine rings is 1. The van der Waals surface area contributed by atoms with E-state index in [1.165, 1.54) is 5.57 Å². The third-order valence-electron chi connectivity index (χ3n) is 16.9. The van der Waals surface area contributed by atoms with Crippen molar-refractivity contribution in [1.82, 2.24) is 4.90 Å². The summed E-state index contributed by atoms with van der Waals surface area (Å²) < 4.78 is 12.7. The molecule has 1 aromatic rings. The lowest BCUT2D eigenvalue weighted by atomic mass is 9.33. The summed E-state index contributed by atoms with van der Waals surface area (Å²) in [5.74, 6) is 0.0480. The Kier molecular flexibility index (Phi) is 10.1. The molecule has 5 fully saturated rings. The number of halogens is 1. The Morgan fingerprint density at radius 3 is 2.29 bits per heavy atom. The summed E-state index contributed by atoms with van der Waals surface area (Å²) in [4.78, 5) is 54.4. The number of amides is 1. The average Bonchev–Trinajstić information content (AvgIpc) is 3.41. The summed E-state index contributed by atoms with van der Waals surface area (Å²) in [5.41, 5.74) is 1.66. The fourth-order valence-corrected chi connectivity index (χ4v) is 13.9. The summed E-state index contributed by atoms with van der Waals surface area (Å²) in [7, 11) is 0. The van der Waals surface area contributed by atoms with Crippen molar-refractivity contribution in [2.45, 2.75) is 145 Å². The number of esters is 1. The molecule has 55 heavy (non-hydrogen) atoms. The number of carboxylic acid groups (broad SMARTS) is 1. The van der Waals surface area contributed by atoms with Gasteiger partial charge in [0.25, 0.3) is 0 Å². The molecule has 0 radical (unpaired) electrons. The Bertz CT molecular complexity index is 1780. The predicted octanol–water partition coefficient (Wildman–Crippen LogP) is 9.46. The molecule has 1 N–H and O–H groups in total. The molecule has 4 saturated carbocycles. The molecule has 9 heteroatoms. The van der Waals surface area contributed by atoms with E-state index < -0.39 is 22.8 Å². The van der Waals surface area contributed by atoms with Gasteiger partial charge in [-0.05, 0) is 128 Å². The van der Waals surface area contributed by atoms with Gasteiger partial charge < -0.3 is 19.5 Å². The number of ketones is 1. The van der Waals surface area contributed by atoms with E-state index in [1.807, 2.05) is 29.2 Å². The number of benzene rings is 1. The van der Waals surface area contributed by atoms with Gasteiger partial charge in [-0.1, -0.05) is 77.8 Å². The van der Waals surface area contributed by atoms with Crippen molar-refractivity contribution in [2.24, 2.45) is 56.2 Å². The molecule has 1 amide bonds. The standard InChI is InChI=1S/C46H64ClNO7/c1-27(2)38-31(49)22-46(35-25-48(36(50)26-54-35)24-28-10-12-29(47)13-11-28)21-20-44(8)30(39(38)46)14-15-33-43(7)18-17-34(55-37(51)23-41(3,4)40(52)53)42(5,6)32(43)16-19-45(33,44)9/h10-13,27,30,32-35H,14-26H2,1-9H3,(H,52,53)/t30-,32+,33-,34+,35-,43+,44-,45-,46+/m1/s1. The maximum Gasteiger partial charge on any atom is 0.309 e. The van der Waals surface area contributed by atoms with Gasteiger partial charge in [0.2, 0.25) is 5.91 Å². The maximum atomic E-state index is 14.3. The van der Waals surface area contributed by atoms with Crippen LogP contribution in [0.3, 0.4) is 0 Å². The number of carboxylic acids is 1. The highest BCUT2D eigenvalue weighted by molar-refractivity contribution is 6.30. The SMILES string of the molecule is CC(C)C1=C2[C@H]3CC[C@@H]4[C@@]5(C)CC[C@H](OC(=O)CC(C)(C)C(=O)O)C(C)(C)[C@@H]5CC[C@@]4(C)[C@]3(C)CC[C@@]2([C@H]2CN(Cc3ccc(Cl)cc3)C(=O)CO2)CC1=O. The first kappa shape index (κ1) is 40.5. The van der Waals surface area contributed by atoms with Crippen LogP contribution < -0.4 is 0 Å². The van der Waals surface area contributed by atoms with Crippen molar-refractivity contribution < 1.29 is 33.8 Å². The predicted molar refractivity (Wildman–Crippen MR) is 212 cm³/mol. The number of carbonyl (C=O) groups excluding carboxylic acids is 3. The number of ether oxygens (including phenoxy) is 2. The minimum atomic E-state index is -1.17. The van der Waals surface area contributed by atoms with Crippen LogP contribution in [0.15, 0.2) is 35.4 Å². The lowest BCUT2D eigenvalue weighted by Crippen LogP contribution is -2.66. The molecular formula is C46H64ClNO7. The van der Waals surface area contributed by atoms with Gasteiger partial charge >= 0.3 is 11.9 Å². The molecule has 302 valence electrons. The van der Waals surface area contributed by atoms with E-state index >= 15 is 0 Å². The number of nitrogens with zero attached hydrogens (tertiary/aromatic N) is 1. The van der Waals surface area contributed by atoms with Crippen molar-refractivity contribution >= 4 is 35.2 Å². The first-order chi connectivity index (χ1) is 25.6. The van der Waals surface area contributed by atoms with E-state index in [0.29, 0.717) is 36.4 Å². The van der Waals surface area contributed by atoms with Gasteiger partial charge in [-0.15, -0.1) is 0 Å². The molecule has 0 spiro atoms. The molecule has 1 aromatic carbocycles. The number of allylic oxidation sites excluding steroid dienone is 1. The fourth-order valence-electron chi connectivity index (χ4n) is 13.8. The van der Waals surface area contributed by atoms with E-state index in [-0.39, 0.29) is 70.4 Å². The molecule has 7 rings (SSSR count). The van der Waals surface area contributed by atoms with Crippen LogP contribution in [0.2, 0.25) is 5.02 Å². The zero-order valence-electron chi connectivity index (χ0n) is 34.7. The fraction of sp³-hybridized carbons (Fsp3) is 0.739. The lowest BCUT2D eigenvalue weighted by molar-refractivity contribution is -0.236. The molecular weight excluding hydrogens is 714 g/mol. The smallest absolute Gasteiger partial charge is 0.309 e. The zero-order valence-corrected chi connectivity index (χ0v) is 35.4. The van der Waals surface area contributed by atoms with Crippen molar-refractivity contribution in [3.05, 3.63) is 46.0 Å². The first-order valence-electron chi connectivity index (χ1n) is 21.0. The molecule has 5 aliphatic carbocycles. The zero-order chi connectivity index (χ0) is 40.1. The third-order valence-corrected chi connectivity index (χ3v) is 17.2. The van der Waals surface area contributed by atoms with Gasteiger partial charge in [-0.2, -0.15) is 0 Å². The number of fused-ring (bicyclic) bond motifs is 7. The molecule has 9 atom stereocenters. The summed E-state index contributed by atoms with van der Waals surface area (Å²) in [6.07, 6.45) is 7.71. The Labute approximate surface area is 333 Å². The Balaban J connectivity index is 1.17. The number of hydrogen-bond acceptors (Lipinski definition) is 6. The van der Waals surface area contributed by atoms with Crippen LogP contribution in [0.25, 0.3) is 0 Å². The average molecular weight is 778 g/mol. The van der Waals surface area contributed by atoms with Crippen LogP contribution in [0, 0.1) is 56.2 Å². The summed E-state index contributed by atoms with van der Waals surface area (Å²) in [6, 6.07) is 7.68. The van der Waals surface area contributed by atoms with Crippen LogP contribution in [-0.4, -0.2) is 59.0 Å². The molecule has 1 heterocycles. The van der Waals surface area contributed by atoms with Gasteiger partial charge in [0.1, 0.15) is 12.7 Å². The van der Waals surface area contributed by atoms with Crippen LogP contribution >= 0.6 is 11.6 Å². The molecule has 6 aliphatic rings.